The lowest BCUT2D eigenvalue weighted by molar-refractivity contribution is 0.0697. The molecular weight excluding hydrogens is 276 g/mol. The van der Waals surface area contributed by atoms with E-state index in [0.717, 1.165) is 0 Å². The van der Waals surface area contributed by atoms with Gasteiger partial charge in [0, 0.05) is 23.9 Å². The van der Waals surface area contributed by atoms with E-state index in [4.69, 9.17) is 21.4 Å². The fraction of sp³-hybridized carbons (Fsp3) is 0.417. The molecule has 1 N–H and O–H groups in total. The van der Waals surface area contributed by atoms with Gasteiger partial charge in [-0.1, -0.05) is 11.6 Å². The first kappa shape index (κ1) is 15.1. The largest absolute Gasteiger partial charge is 0.478 e. The van der Waals surface area contributed by atoms with Gasteiger partial charge in [0.1, 0.15) is 0 Å². The molecule has 0 radical (unpaired) electrons. The van der Waals surface area contributed by atoms with Gasteiger partial charge >= 0.3 is 5.97 Å². The Morgan fingerprint density at radius 1 is 1.50 bits per heavy atom. The van der Waals surface area contributed by atoms with Crippen LogP contribution < -0.4 is 0 Å². The molecule has 1 rings (SSSR count). The molecule has 1 unspecified atom stereocenters. The number of carboxylic acid groups (broad SMARTS) is 1. The minimum Gasteiger partial charge on any atom is -0.478 e. The van der Waals surface area contributed by atoms with Crippen molar-refractivity contribution in [2.24, 2.45) is 0 Å². The molecule has 0 saturated heterocycles. The molecule has 0 saturated carbocycles. The van der Waals surface area contributed by atoms with Gasteiger partial charge in [-0.3, -0.25) is 4.21 Å². The van der Waals surface area contributed by atoms with E-state index >= 15 is 0 Å². The zero-order valence-corrected chi connectivity index (χ0v) is 11.6. The maximum absolute atomic E-state index is 11.9. The van der Waals surface area contributed by atoms with E-state index in [1.807, 2.05) is 6.92 Å². The molecule has 4 nitrogen and oxygen atoms in total. The predicted molar refractivity (Wildman–Crippen MR) is 70.8 cm³/mol. The van der Waals surface area contributed by atoms with Crippen molar-refractivity contribution in [2.75, 3.05) is 19.0 Å². The quantitative estimate of drug-likeness (QED) is 0.784. The highest BCUT2D eigenvalue weighted by Crippen LogP contribution is 2.20. The summed E-state index contributed by atoms with van der Waals surface area (Å²) in [5.41, 5.74) is -0.0210. The van der Waals surface area contributed by atoms with Crippen LogP contribution >= 0.6 is 11.6 Å². The molecule has 0 bridgehead atoms. The highest BCUT2D eigenvalue weighted by Gasteiger charge is 2.12. The van der Waals surface area contributed by atoms with E-state index in [1.54, 1.807) is 6.07 Å². The number of aromatic carboxylic acids is 1. The Morgan fingerprint density at radius 2 is 2.22 bits per heavy atom. The summed E-state index contributed by atoms with van der Waals surface area (Å²) in [6, 6.07) is 4.41. The van der Waals surface area contributed by atoms with Gasteiger partial charge in [-0.2, -0.15) is 0 Å². The van der Waals surface area contributed by atoms with Crippen molar-refractivity contribution in [3.05, 3.63) is 28.8 Å². The summed E-state index contributed by atoms with van der Waals surface area (Å²) in [7, 11) is -1.22. The molecule has 6 heteroatoms. The molecule has 0 fully saturated rings. The third kappa shape index (κ3) is 4.40. The van der Waals surface area contributed by atoms with Gasteiger partial charge in [0.25, 0.3) is 0 Å². The van der Waals surface area contributed by atoms with Crippen LogP contribution in [0.4, 0.5) is 0 Å². The maximum Gasteiger partial charge on any atom is 0.337 e. The number of carbonyl (C=O) groups is 1. The molecule has 100 valence electrons. The predicted octanol–water partition coefficient (Wildman–Crippen LogP) is 2.57. The van der Waals surface area contributed by atoms with Gasteiger partial charge in [-0.15, -0.1) is 0 Å². The van der Waals surface area contributed by atoms with Crippen LogP contribution in [0.15, 0.2) is 23.1 Å². The standard InChI is InChI=1S/C12H15ClO4S/c1-2-17-6-3-7-18(16)9-4-5-11(13)10(8-9)12(14)15/h4-5,8H,2-3,6-7H2,1H3,(H,14,15). The molecular formula is C12H15ClO4S. The topological polar surface area (TPSA) is 63.6 Å². The average Bonchev–Trinajstić information content (AvgIpc) is 2.34. The van der Waals surface area contributed by atoms with Crippen LogP contribution in [0, 0.1) is 0 Å². The van der Waals surface area contributed by atoms with Gasteiger partial charge in [-0.05, 0) is 31.5 Å². The SMILES string of the molecule is CCOCCCS(=O)c1ccc(Cl)c(C(=O)O)c1. The minimum absolute atomic E-state index is 0.0210. The van der Waals surface area contributed by atoms with Crippen molar-refractivity contribution < 1.29 is 18.8 Å². The van der Waals surface area contributed by atoms with E-state index in [1.165, 1.54) is 12.1 Å². The summed E-state index contributed by atoms with van der Waals surface area (Å²) in [6.45, 7) is 3.09. The number of hydrogen-bond acceptors (Lipinski definition) is 3. The molecule has 0 spiro atoms. The van der Waals surface area contributed by atoms with Crippen molar-refractivity contribution in [1.82, 2.24) is 0 Å². The monoisotopic (exact) mass is 290 g/mol. The molecule has 1 atom stereocenters. The number of carboxylic acids is 1. The van der Waals surface area contributed by atoms with Crippen LogP contribution in [-0.2, 0) is 15.5 Å². The summed E-state index contributed by atoms with van der Waals surface area (Å²) < 4.78 is 17.1. The second-order valence-corrected chi connectivity index (χ2v) is 5.52. The Kier molecular flexibility index (Phi) is 6.32. The molecule has 0 aliphatic rings. The van der Waals surface area contributed by atoms with Crippen LogP contribution in [0.2, 0.25) is 5.02 Å². The summed E-state index contributed by atoms with van der Waals surface area (Å²) in [4.78, 5) is 11.4. The lowest BCUT2D eigenvalue weighted by Crippen LogP contribution is -2.05. The minimum atomic E-state index is -1.22. The lowest BCUT2D eigenvalue weighted by atomic mass is 10.2. The van der Waals surface area contributed by atoms with Crippen LogP contribution in [-0.4, -0.2) is 34.3 Å². The van der Waals surface area contributed by atoms with Gasteiger partial charge in [0.15, 0.2) is 0 Å². The van der Waals surface area contributed by atoms with Gasteiger partial charge in [0.05, 0.1) is 21.4 Å². The molecule has 0 amide bonds. The Balaban J connectivity index is 2.68. The van der Waals surface area contributed by atoms with Crippen molar-refractivity contribution in [3.8, 4) is 0 Å². The number of ether oxygens (including phenoxy) is 1. The first-order chi connectivity index (χ1) is 8.56. The van der Waals surface area contributed by atoms with E-state index in [9.17, 15) is 9.00 Å². The molecule has 0 heterocycles. The number of benzene rings is 1. The van der Waals surface area contributed by atoms with Crippen molar-refractivity contribution in [1.29, 1.82) is 0 Å². The first-order valence-corrected chi connectivity index (χ1v) is 7.25. The number of halogens is 1. The maximum atomic E-state index is 11.9. The fourth-order valence-electron chi connectivity index (χ4n) is 1.36. The number of rotatable bonds is 7. The highest BCUT2D eigenvalue weighted by molar-refractivity contribution is 7.85. The molecule has 18 heavy (non-hydrogen) atoms. The average molecular weight is 291 g/mol. The molecule has 1 aromatic rings. The normalized spacial score (nSPS) is 12.3. The van der Waals surface area contributed by atoms with Crippen molar-refractivity contribution in [2.45, 2.75) is 18.2 Å². The van der Waals surface area contributed by atoms with Gasteiger partial charge < -0.3 is 9.84 Å². The summed E-state index contributed by atoms with van der Waals surface area (Å²) in [5.74, 6) is -0.672. The molecule has 0 aliphatic heterocycles. The van der Waals surface area contributed by atoms with Crippen LogP contribution in [0.25, 0.3) is 0 Å². The Labute approximate surface area is 113 Å². The Morgan fingerprint density at radius 3 is 2.83 bits per heavy atom. The zero-order chi connectivity index (χ0) is 13.5. The smallest absolute Gasteiger partial charge is 0.337 e. The van der Waals surface area contributed by atoms with Gasteiger partial charge in [-0.25, -0.2) is 4.79 Å². The van der Waals surface area contributed by atoms with E-state index in [-0.39, 0.29) is 10.6 Å². The Bertz CT molecular complexity index is 448. The summed E-state index contributed by atoms with van der Waals surface area (Å²) >= 11 is 5.74. The molecule has 0 aromatic heterocycles. The third-order valence-electron chi connectivity index (χ3n) is 2.25. The van der Waals surface area contributed by atoms with E-state index < -0.39 is 16.8 Å². The third-order valence-corrected chi connectivity index (χ3v) is 4.02. The van der Waals surface area contributed by atoms with Crippen LogP contribution in [0.1, 0.15) is 23.7 Å². The Hall–Kier alpha value is -0.910. The van der Waals surface area contributed by atoms with E-state index in [2.05, 4.69) is 0 Å². The van der Waals surface area contributed by atoms with Crippen molar-refractivity contribution in [3.63, 3.8) is 0 Å². The van der Waals surface area contributed by atoms with Gasteiger partial charge in [0.2, 0.25) is 0 Å². The zero-order valence-electron chi connectivity index (χ0n) is 10.0. The fourth-order valence-corrected chi connectivity index (χ4v) is 2.65. The summed E-state index contributed by atoms with van der Waals surface area (Å²) in [5, 5.41) is 9.07. The lowest BCUT2D eigenvalue weighted by Gasteiger charge is -2.05. The highest BCUT2D eigenvalue weighted by atomic mass is 35.5. The second-order valence-electron chi connectivity index (χ2n) is 3.55. The van der Waals surface area contributed by atoms with Crippen LogP contribution in [0.3, 0.4) is 0 Å². The van der Waals surface area contributed by atoms with Crippen LogP contribution in [0.5, 0.6) is 0 Å². The summed E-state index contributed by atoms with van der Waals surface area (Å²) in [6.07, 6.45) is 0.672. The van der Waals surface area contributed by atoms with E-state index in [0.29, 0.717) is 30.3 Å². The first-order valence-electron chi connectivity index (χ1n) is 5.55. The van der Waals surface area contributed by atoms with Crippen molar-refractivity contribution >= 4 is 28.4 Å². The molecule has 1 aromatic carbocycles. The number of hydrogen-bond donors (Lipinski definition) is 1. The molecule has 0 aliphatic carbocycles. The second kappa shape index (κ2) is 7.51.